The molecule has 0 aromatic heterocycles. The molecule has 0 aliphatic carbocycles. The van der Waals surface area contributed by atoms with Crippen molar-refractivity contribution in [3.63, 3.8) is 0 Å². The quantitative estimate of drug-likeness (QED) is 0.596. The molecule has 29 heavy (non-hydrogen) atoms. The van der Waals surface area contributed by atoms with Crippen molar-refractivity contribution in [2.75, 3.05) is 23.8 Å². The van der Waals surface area contributed by atoms with Gasteiger partial charge in [-0.1, -0.05) is 31.5 Å². The summed E-state index contributed by atoms with van der Waals surface area (Å²) in [7, 11) is 0. The van der Waals surface area contributed by atoms with Crippen LogP contribution >= 0.6 is 11.6 Å². The fourth-order valence-corrected chi connectivity index (χ4v) is 2.41. The van der Waals surface area contributed by atoms with Crippen LogP contribution in [-0.2, 0) is 9.53 Å². The SMILES string of the molecule is CC(C)COC(=O)Nc1cccc(NC(=O)CCNC(=O)c2ccc(Cl)cc2)c1. The molecule has 7 nitrogen and oxygen atoms in total. The summed E-state index contributed by atoms with van der Waals surface area (Å²) in [6, 6.07) is 13.2. The van der Waals surface area contributed by atoms with Crippen molar-refractivity contribution < 1.29 is 19.1 Å². The summed E-state index contributed by atoms with van der Waals surface area (Å²) < 4.78 is 5.06. The number of carbonyl (C=O) groups is 3. The second-order valence-corrected chi connectivity index (χ2v) is 7.20. The Balaban J connectivity index is 1.77. The first kappa shape index (κ1) is 22.2. The van der Waals surface area contributed by atoms with Gasteiger partial charge in [0, 0.05) is 34.9 Å². The summed E-state index contributed by atoms with van der Waals surface area (Å²) >= 11 is 5.79. The number of amides is 3. The molecular weight excluding hydrogens is 394 g/mol. The number of rotatable bonds is 8. The molecule has 0 unspecified atom stereocenters. The summed E-state index contributed by atoms with van der Waals surface area (Å²) in [5, 5.41) is 8.57. The Hall–Kier alpha value is -3.06. The van der Waals surface area contributed by atoms with Crippen molar-refractivity contribution in [2.45, 2.75) is 20.3 Å². The van der Waals surface area contributed by atoms with E-state index in [4.69, 9.17) is 16.3 Å². The lowest BCUT2D eigenvalue weighted by Gasteiger charge is -2.11. The average molecular weight is 418 g/mol. The molecule has 0 aliphatic heterocycles. The van der Waals surface area contributed by atoms with E-state index < -0.39 is 6.09 Å². The number of benzene rings is 2. The minimum atomic E-state index is -0.549. The van der Waals surface area contributed by atoms with E-state index in [1.807, 2.05) is 13.8 Å². The Morgan fingerprint density at radius 1 is 1.00 bits per heavy atom. The first-order chi connectivity index (χ1) is 13.8. The highest BCUT2D eigenvalue weighted by Gasteiger charge is 2.09. The minimum absolute atomic E-state index is 0.105. The molecule has 2 aromatic rings. The summed E-state index contributed by atoms with van der Waals surface area (Å²) in [6.45, 7) is 4.40. The molecule has 2 rings (SSSR count). The van der Waals surface area contributed by atoms with Crippen molar-refractivity contribution in [3.8, 4) is 0 Å². The van der Waals surface area contributed by atoms with Crippen LogP contribution in [0.15, 0.2) is 48.5 Å². The Bertz CT molecular complexity index is 853. The lowest BCUT2D eigenvalue weighted by molar-refractivity contribution is -0.116. The number of anilines is 2. The number of hydrogen-bond acceptors (Lipinski definition) is 4. The van der Waals surface area contributed by atoms with E-state index in [1.54, 1.807) is 48.5 Å². The van der Waals surface area contributed by atoms with Gasteiger partial charge in [0.1, 0.15) is 0 Å². The molecular formula is C21H24ClN3O4. The Kier molecular flexibility index (Phi) is 8.48. The van der Waals surface area contributed by atoms with Crippen LogP contribution < -0.4 is 16.0 Å². The maximum atomic E-state index is 12.1. The Labute approximate surface area is 174 Å². The largest absolute Gasteiger partial charge is 0.449 e. The van der Waals surface area contributed by atoms with Gasteiger partial charge < -0.3 is 15.4 Å². The highest BCUT2D eigenvalue weighted by molar-refractivity contribution is 6.30. The Morgan fingerprint density at radius 3 is 2.31 bits per heavy atom. The molecule has 154 valence electrons. The van der Waals surface area contributed by atoms with Crippen molar-refractivity contribution >= 4 is 40.9 Å². The maximum absolute atomic E-state index is 12.1. The van der Waals surface area contributed by atoms with Crippen LogP contribution in [0.4, 0.5) is 16.2 Å². The van der Waals surface area contributed by atoms with Gasteiger partial charge in [-0.2, -0.15) is 0 Å². The fourth-order valence-electron chi connectivity index (χ4n) is 2.29. The van der Waals surface area contributed by atoms with Crippen LogP contribution in [0.2, 0.25) is 5.02 Å². The van der Waals surface area contributed by atoms with Crippen molar-refractivity contribution in [1.29, 1.82) is 0 Å². The zero-order valence-corrected chi connectivity index (χ0v) is 17.1. The molecule has 0 saturated carbocycles. The van der Waals surface area contributed by atoms with Gasteiger partial charge in [-0.25, -0.2) is 4.79 Å². The highest BCUT2D eigenvalue weighted by Crippen LogP contribution is 2.16. The van der Waals surface area contributed by atoms with Gasteiger partial charge in [0.2, 0.25) is 5.91 Å². The van der Waals surface area contributed by atoms with Crippen molar-refractivity contribution in [3.05, 3.63) is 59.1 Å². The van der Waals surface area contributed by atoms with E-state index >= 15 is 0 Å². The standard InChI is InChI=1S/C21H24ClN3O4/c1-14(2)13-29-21(28)25-18-5-3-4-17(12-18)24-19(26)10-11-23-20(27)15-6-8-16(22)9-7-15/h3-9,12,14H,10-11,13H2,1-2H3,(H,23,27)(H,24,26)(H,25,28). The van der Waals surface area contributed by atoms with E-state index in [0.717, 1.165) is 0 Å². The molecule has 0 fully saturated rings. The van der Waals surface area contributed by atoms with Crippen LogP contribution in [0.3, 0.4) is 0 Å². The van der Waals surface area contributed by atoms with Gasteiger partial charge in [-0.15, -0.1) is 0 Å². The number of halogens is 1. The van der Waals surface area contributed by atoms with Crippen molar-refractivity contribution in [2.24, 2.45) is 5.92 Å². The summed E-state index contributed by atoms with van der Waals surface area (Å²) in [4.78, 5) is 35.8. The molecule has 3 amide bonds. The Morgan fingerprint density at radius 2 is 1.66 bits per heavy atom. The zero-order valence-electron chi connectivity index (χ0n) is 16.3. The van der Waals surface area contributed by atoms with Crippen LogP contribution in [-0.4, -0.2) is 31.1 Å². The number of hydrogen-bond donors (Lipinski definition) is 3. The van der Waals surface area contributed by atoms with Gasteiger partial charge in [-0.05, 0) is 48.4 Å². The molecule has 3 N–H and O–H groups in total. The molecule has 0 aliphatic rings. The molecule has 8 heteroatoms. The van der Waals surface area contributed by atoms with E-state index in [0.29, 0.717) is 28.6 Å². The summed E-state index contributed by atoms with van der Waals surface area (Å²) in [5.41, 5.74) is 1.51. The normalized spacial score (nSPS) is 10.3. The number of ether oxygens (including phenoxy) is 1. The van der Waals surface area contributed by atoms with Crippen molar-refractivity contribution in [1.82, 2.24) is 5.32 Å². The van der Waals surface area contributed by atoms with E-state index in [9.17, 15) is 14.4 Å². The number of nitrogens with one attached hydrogen (secondary N) is 3. The van der Waals surface area contributed by atoms with Crippen LogP contribution in [0.25, 0.3) is 0 Å². The maximum Gasteiger partial charge on any atom is 0.411 e. The monoisotopic (exact) mass is 417 g/mol. The zero-order chi connectivity index (χ0) is 21.2. The third-order valence-corrected chi connectivity index (χ3v) is 3.94. The first-order valence-corrected chi connectivity index (χ1v) is 9.58. The van der Waals surface area contributed by atoms with Gasteiger partial charge >= 0.3 is 6.09 Å². The molecule has 0 spiro atoms. The van der Waals surface area contributed by atoms with E-state index in [1.165, 1.54) is 0 Å². The predicted molar refractivity (Wildman–Crippen MR) is 113 cm³/mol. The molecule has 0 saturated heterocycles. The molecule has 2 aromatic carbocycles. The second kappa shape index (κ2) is 11.1. The van der Waals surface area contributed by atoms with Crippen LogP contribution in [0.1, 0.15) is 30.6 Å². The first-order valence-electron chi connectivity index (χ1n) is 9.21. The molecule has 0 radical (unpaired) electrons. The number of carbonyl (C=O) groups excluding carboxylic acids is 3. The predicted octanol–water partition coefficient (Wildman–Crippen LogP) is 4.30. The lowest BCUT2D eigenvalue weighted by atomic mass is 10.2. The van der Waals surface area contributed by atoms with E-state index in [-0.39, 0.29) is 30.7 Å². The van der Waals surface area contributed by atoms with Gasteiger partial charge in [0.15, 0.2) is 0 Å². The third kappa shape index (κ3) is 8.23. The molecule has 0 bridgehead atoms. The van der Waals surface area contributed by atoms with Crippen LogP contribution in [0.5, 0.6) is 0 Å². The van der Waals surface area contributed by atoms with E-state index in [2.05, 4.69) is 16.0 Å². The highest BCUT2D eigenvalue weighted by atomic mass is 35.5. The summed E-state index contributed by atoms with van der Waals surface area (Å²) in [5.74, 6) is -0.298. The average Bonchev–Trinajstić information content (AvgIpc) is 2.67. The molecule has 0 atom stereocenters. The summed E-state index contributed by atoms with van der Waals surface area (Å²) in [6.07, 6.45) is -0.444. The van der Waals surface area contributed by atoms with Gasteiger partial charge in [-0.3, -0.25) is 14.9 Å². The van der Waals surface area contributed by atoms with Gasteiger partial charge in [0.25, 0.3) is 5.91 Å². The third-order valence-electron chi connectivity index (χ3n) is 3.68. The van der Waals surface area contributed by atoms with Crippen LogP contribution in [0, 0.1) is 5.92 Å². The lowest BCUT2D eigenvalue weighted by Crippen LogP contribution is -2.27. The smallest absolute Gasteiger partial charge is 0.411 e. The topological polar surface area (TPSA) is 96.5 Å². The second-order valence-electron chi connectivity index (χ2n) is 6.76. The molecule has 0 heterocycles. The minimum Gasteiger partial charge on any atom is -0.449 e. The van der Waals surface area contributed by atoms with Gasteiger partial charge in [0.05, 0.1) is 6.61 Å². The fraction of sp³-hybridized carbons (Fsp3) is 0.286.